The van der Waals surface area contributed by atoms with Gasteiger partial charge in [-0.05, 0) is 31.2 Å². The molecule has 0 fully saturated rings. The summed E-state index contributed by atoms with van der Waals surface area (Å²) in [4.78, 5) is 19.8. The molecule has 2 heterocycles. The molecule has 0 radical (unpaired) electrons. The number of hydrogen-bond donors (Lipinski definition) is 0. The number of aryl methyl sites for hydroxylation is 2. The van der Waals surface area contributed by atoms with E-state index in [0.717, 1.165) is 29.5 Å². The Morgan fingerprint density at radius 3 is 3.05 bits per heavy atom. The quantitative estimate of drug-likeness (QED) is 0.364. The number of nitriles is 1. The van der Waals surface area contributed by atoms with Gasteiger partial charge in [0, 0.05) is 23.6 Å². The van der Waals surface area contributed by atoms with E-state index >= 15 is 0 Å². The first kappa shape index (κ1) is 15.3. The topological polar surface area (TPSA) is 58.7 Å². The maximum Gasteiger partial charge on any atom is 0.263 e. The van der Waals surface area contributed by atoms with E-state index in [1.807, 2.05) is 0 Å². The van der Waals surface area contributed by atoms with Crippen molar-refractivity contribution in [2.75, 3.05) is 5.75 Å². The molecule has 0 aliphatic heterocycles. The monoisotopic (exact) mass is 331 g/mol. The molecule has 1 aliphatic carbocycles. The first-order valence-electron chi connectivity index (χ1n) is 7.42. The molecule has 0 saturated heterocycles. The first-order valence-corrected chi connectivity index (χ1v) is 9.22. The Bertz CT molecular complexity index is 813. The molecule has 1 aliphatic rings. The van der Waals surface area contributed by atoms with Crippen LogP contribution >= 0.6 is 23.1 Å². The van der Waals surface area contributed by atoms with Gasteiger partial charge >= 0.3 is 0 Å². The van der Waals surface area contributed by atoms with Crippen molar-refractivity contribution in [3.8, 4) is 6.07 Å². The van der Waals surface area contributed by atoms with Gasteiger partial charge in [0.25, 0.3) is 5.56 Å². The average molecular weight is 331 g/mol. The lowest BCUT2D eigenvalue weighted by Crippen LogP contribution is -2.23. The Morgan fingerprint density at radius 2 is 2.27 bits per heavy atom. The zero-order valence-corrected chi connectivity index (χ0v) is 13.9. The zero-order valence-electron chi connectivity index (χ0n) is 12.3. The van der Waals surface area contributed by atoms with Gasteiger partial charge in [-0.1, -0.05) is 17.8 Å². The highest BCUT2D eigenvalue weighted by molar-refractivity contribution is 7.99. The molecule has 0 atom stereocenters. The number of rotatable bonds is 5. The first-order chi connectivity index (χ1) is 10.8. The Kier molecular flexibility index (Phi) is 4.65. The number of allylic oxidation sites excluding steroid dienone is 1. The largest absolute Gasteiger partial charge is 0.283 e. The van der Waals surface area contributed by atoms with Crippen LogP contribution in [0, 0.1) is 11.3 Å². The normalized spacial score (nSPS) is 13.8. The highest BCUT2D eigenvalue weighted by atomic mass is 32.2. The van der Waals surface area contributed by atoms with Crippen LogP contribution < -0.4 is 5.56 Å². The summed E-state index contributed by atoms with van der Waals surface area (Å²) in [5, 5.41) is 10.2. The van der Waals surface area contributed by atoms with E-state index in [0.29, 0.717) is 23.9 Å². The molecule has 2 aromatic heterocycles. The van der Waals surface area contributed by atoms with Gasteiger partial charge in [0.05, 0.1) is 11.5 Å². The van der Waals surface area contributed by atoms with Gasteiger partial charge < -0.3 is 0 Å². The Morgan fingerprint density at radius 1 is 1.45 bits per heavy atom. The molecule has 2 aromatic rings. The summed E-state index contributed by atoms with van der Waals surface area (Å²) in [6.07, 6.45) is 6.58. The lowest BCUT2D eigenvalue weighted by Gasteiger charge is -2.12. The van der Waals surface area contributed by atoms with Crippen molar-refractivity contribution in [2.24, 2.45) is 0 Å². The second-order valence-electron chi connectivity index (χ2n) is 5.25. The highest BCUT2D eigenvalue weighted by Gasteiger charge is 2.21. The van der Waals surface area contributed by atoms with Gasteiger partial charge in [-0.15, -0.1) is 17.9 Å². The fourth-order valence-electron chi connectivity index (χ4n) is 2.81. The van der Waals surface area contributed by atoms with E-state index in [1.54, 1.807) is 22.0 Å². The molecule has 0 saturated carbocycles. The molecule has 0 spiro atoms. The number of nitrogens with zero attached hydrogens (tertiary/aromatic N) is 3. The van der Waals surface area contributed by atoms with Crippen LogP contribution in [0.3, 0.4) is 0 Å². The summed E-state index contributed by atoms with van der Waals surface area (Å²) < 4.78 is 1.69. The second-order valence-corrected chi connectivity index (χ2v) is 7.39. The predicted molar refractivity (Wildman–Crippen MR) is 91.7 cm³/mol. The third kappa shape index (κ3) is 2.71. The maximum atomic E-state index is 12.9. The lowest BCUT2D eigenvalue weighted by molar-refractivity contribution is 0.668. The molecule has 0 aromatic carbocycles. The lowest BCUT2D eigenvalue weighted by atomic mass is 9.97. The van der Waals surface area contributed by atoms with Gasteiger partial charge in [-0.25, -0.2) is 4.98 Å². The SMILES string of the molecule is C=CCn1c(SCCC#N)nc2sc3c(c2c1=O)CCCC3. The summed E-state index contributed by atoms with van der Waals surface area (Å²) in [5.41, 5.74) is 1.26. The molecule has 0 bridgehead atoms. The van der Waals surface area contributed by atoms with Crippen LogP contribution in [-0.4, -0.2) is 15.3 Å². The molecule has 0 unspecified atom stereocenters. The minimum Gasteiger partial charge on any atom is -0.283 e. The molecule has 0 amide bonds. The average Bonchev–Trinajstić information content (AvgIpc) is 2.89. The van der Waals surface area contributed by atoms with Crippen LogP contribution in [0.2, 0.25) is 0 Å². The highest BCUT2D eigenvalue weighted by Crippen LogP contribution is 2.34. The van der Waals surface area contributed by atoms with Crippen LogP contribution in [0.25, 0.3) is 10.2 Å². The van der Waals surface area contributed by atoms with Gasteiger partial charge in [-0.2, -0.15) is 5.26 Å². The minimum absolute atomic E-state index is 0.0451. The predicted octanol–water partition coefficient (Wildman–Crippen LogP) is 3.53. The minimum atomic E-state index is 0.0451. The molecule has 22 heavy (non-hydrogen) atoms. The van der Waals surface area contributed by atoms with Crippen molar-refractivity contribution in [3.05, 3.63) is 33.4 Å². The number of hydrogen-bond acceptors (Lipinski definition) is 5. The van der Waals surface area contributed by atoms with Crippen LogP contribution in [0.4, 0.5) is 0 Å². The van der Waals surface area contributed by atoms with Crippen LogP contribution in [-0.2, 0) is 19.4 Å². The fourth-order valence-corrected chi connectivity index (χ4v) is 4.96. The van der Waals surface area contributed by atoms with Crippen molar-refractivity contribution >= 4 is 33.3 Å². The number of thiophene rings is 1. The molecule has 6 heteroatoms. The van der Waals surface area contributed by atoms with Crippen LogP contribution in [0.15, 0.2) is 22.6 Å². The summed E-state index contributed by atoms with van der Waals surface area (Å²) >= 11 is 3.14. The van der Waals surface area contributed by atoms with Crippen molar-refractivity contribution in [2.45, 2.75) is 43.8 Å². The number of aromatic nitrogens is 2. The maximum absolute atomic E-state index is 12.9. The van der Waals surface area contributed by atoms with E-state index in [1.165, 1.54) is 28.6 Å². The van der Waals surface area contributed by atoms with Crippen molar-refractivity contribution in [1.82, 2.24) is 9.55 Å². The number of fused-ring (bicyclic) bond motifs is 3. The molecule has 4 nitrogen and oxygen atoms in total. The smallest absolute Gasteiger partial charge is 0.263 e. The van der Waals surface area contributed by atoms with Gasteiger partial charge in [0.2, 0.25) is 0 Å². The van der Waals surface area contributed by atoms with Crippen molar-refractivity contribution < 1.29 is 0 Å². The second kappa shape index (κ2) is 6.67. The van der Waals surface area contributed by atoms with E-state index in [4.69, 9.17) is 10.2 Å². The summed E-state index contributed by atoms with van der Waals surface area (Å²) in [6.45, 7) is 4.20. The molecule has 3 rings (SSSR count). The Labute approximate surface area is 137 Å². The van der Waals surface area contributed by atoms with Gasteiger partial charge in [0.1, 0.15) is 4.83 Å². The summed E-state index contributed by atoms with van der Waals surface area (Å²) in [6, 6.07) is 2.13. The van der Waals surface area contributed by atoms with Crippen molar-refractivity contribution in [3.63, 3.8) is 0 Å². The van der Waals surface area contributed by atoms with E-state index < -0.39 is 0 Å². The Balaban J connectivity index is 2.15. The Hall–Kier alpha value is -1.58. The zero-order chi connectivity index (χ0) is 15.5. The van der Waals surface area contributed by atoms with Crippen LogP contribution in [0.5, 0.6) is 0 Å². The summed E-state index contributed by atoms with van der Waals surface area (Å²) in [5.74, 6) is 0.649. The van der Waals surface area contributed by atoms with Crippen LogP contribution in [0.1, 0.15) is 29.7 Å². The van der Waals surface area contributed by atoms with E-state index in [9.17, 15) is 4.79 Å². The third-order valence-corrected chi connectivity index (χ3v) is 5.96. The molecular formula is C16H17N3OS2. The van der Waals surface area contributed by atoms with Crippen molar-refractivity contribution in [1.29, 1.82) is 5.26 Å². The third-order valence-electron chi connectivity index (χ3n) is 3.80. The molecule has 114 valence electrons. The number of thioether (sulfide) groups is 1. The van der Waals surface area contributed by atoms with Gasteiger partial charge in [-0.3, -0.25) is 9.36 Å². The molecule has 0 N–H and O–H groups in total. The fraction of sp³-hybridized carbons (Fsp3) is 0.438. The van der Waals surface area contributed by atoms with Gasteiger partial charge in [0.15, 0.2) is 5.16 Å². The van der Waals surface area contributed by atoms with E-state index in [2.05, 4.69) is 12.6 Å². The standard InChI is InChI=1S/C16H17N3OS2/c1-2-9-19-15(20)13-11-6-3-4-7-12(11)22-14(13)18-16(19)21-10-5-8-17/h2H,1,3-7,9-10H2. The summed E-state index contributed by atoms with van der Waals surface area (Å²) in [7, 11) is 0. The van der Waals surface area contributed by atoms with E-state index in [-0.39, 0.29) is 5.56 Å². The molecular weight excluding hydrogens is 314 g/mol.